The van der Waals surface area contributed by atoms with Gasteiger partial charge in [-0.3, -0.25) is 4.79 Å². The van der Waals surface area contributed by atoms with Gasteiger partial charge in [-0.1, -0.05) is 0 Å². The summed E-state index contributed by atoms with van der Waals surface area (Å²) in [5.74, 6) is -0.830. The summed E-state index contributed by atoms with van der Waals surface area (Å²) in [5.41, 5.74) is 0.845. The summed E-state index contributed by atoms with van der Waals surface area (Å²) < 4.78 is 0. The highest BCUT2D eigenvalue weighted by Crippen LogP contribution is 2.46. The molecule has 0 aliphatic heterocycles. The molecule has 1 N–H and O–H groups in total. The Morgan fingerprint density at radius 1 is 1.67 bits per heavy atom. The van der Waals surface area contributed by atoms with Crippen LogP contribution in [0.4, 0.5) is 0 Å². The fourth-order valence-electron chi connectivity index (χ4n) is 1.32. The zero-order chi connectivity index (χ0) is 8.55. The van der Waals surface area contributed by atoms with Gasteiger partial charge in [0, 0.05) is 17.8 Å². The Morgan fingerprint density at radius 2 is 2.50 bits per heavy atom. The zero-order valence-electron chi connectivity index (χ0n) is 6.34. The minimum atomic E-state index is -0.724. The van der Waals surface area contributed by atoms with Crippen molar-refractivity contribution < 1.29 is 9.90 Å². The molecule has 1 aromatic heterocycles. The Bertz CT molecular complexity index is 299. The van der Waals surface area contributed by atoms with Crippen LogP contribution >= 0.6 is 0 Å². The summed E-state index contributed by atoms with van der Waals surface area (Å²) >= 11 is 0. The van der Waals surface area contributed by atoms with E-state index in [1.807, 2.05) is 0 Å². The molecular weight excluding hydrogens is 156 g/mol. The van der Waals surface area contributed by atoms with E-state index in [0.717, 1.165) is 5.69 Å². The van der Waals surface area contributed by atoms with Gasteiger partial charge in [-0.15, -0.1) is 0 Å². The van der Waals surface area contributed by atoms with Crippen molar-refractivity contribution in [2.24, 2.45) is 5.92 Å². The van der Waals surface area contributed by atoms with Gasteiger partial charge >= 0.3 is 5.97 Å². The lowest BCUT2D eigenvalue weighted by molar-refractivity contribution is -0.138. The Labute approximate surface area is 69.3 Å². The minimum Gasteiger partial charge on any atom is -0.481 e. The van der Waals surface area contributed by atoms with Crippen molar-refractivity contribution >= 4 is 5.97 Å². The van der Waals surface area contributed by atoms with Gasteiger partial charge in [-0.25, -0.2) is 9.97 Å². The third kappa shape index (κ3) is 1.15. The van der Waals surface area contributed by atoms with E-state index in [1.165, 1.54) is 6.33 Å². The molecule has 1 aromatic rings. The topological polar surface area (TPSA) is 63.1 Å². The lowest BCUT2D eigenvalue weighted by atomic mass is 10.2. The molecule has 0 bridgehead atoms. The number of carbonyl (C=O) groups is 1. The number of nitrogens with zero attached hydrogens (tertiary/aromatic N) is 2. The average Bonchev–Trinajstić information content (AvgIpc) is 2.84. The number of carboxylic acid groups (broad SMARTS) is 1. The maximum Gasteiger partial charge on any atom is 0.307 e. The summed E-state index contributed by atoms with van der Waals surface area (Å²) in [4.78, 5) is 18.3. The van der Waals surface area contributed by atoms with Crippen LogP contribution in [-0.2, 0) is 4.79 Å². The normalized spacial score (nSPS) is 26.7. The van der Waals surface area contributed by atoms with Gasteiger partial charge in [-0.2, -0.15) is 0 Å². The lowest BCUT2D eigenvalue weighted by Gasteiger charge is -1.93. The van der Waals surface area contributed by atoms with Crippen molar-refractivity contribution in [3.63, 3.8) is 0 Å². The zero-order valence-corrected chi connectivity index (χ0v) is 6.34. The largest absolute Gasteiger partial charge is 0.481 e. The molecule has 1 saturated carbocycles. The average molecular weight is 164 g/mol. The third-order valence-electron chi connectivity index (χ3n) is 2.09. The van der Waals surface area contributed by atoms with Crippen LogP contribution in [0.5, 0.6) is 0 Å². The van der Waals surface area contributed by atoms with Crippen LogP contribution in [0.3, 0.4) is 0 Å². The third-order valence-corrected chi connectivity index (χ3v) is 2.09. The summed E-state index contributed by atoms with van der Waals surface area (Å²) in [6.07, 6.45) is 3.80. The first-order chi connectivity index (χ1) is 5.79. The molecule has 1 heterocycles. The lowest BCUT2D eigenvalue weighted by Crippen LogP contribution is -1.99. The Balaban J connectivity index is 2.11. The summed E-state index contributed by atoms with van der Waals surface area (Å²) in [6.45, 7) is 0. The van der Waals surface area contributed by atoms with Crippen LogP contribution in [0, 0.1) is 5.92 Å². The number of rotatable bonds is 2. The van der Waals surface area contributed by atoms with Gasteiger partial charge in [0.1, 0.15) is 6.33 Å². The van der Waals surface area contributed by atoms with E-state index in [4.69, 9.17) is 5.11 Å². The molecule has 12 heavy (non-hydrogen) atoms. The van der Waals surface area contributed by atoms with Crippen molar-refractivity contribution in [2.75, 3.05) is 0 Å². The maximum absolute atomic E-state index is 10.5. The highest BCUT2D eigenvalue weighted by atomic mass is 16.4. The van der Waals surface area contributed by atoms with Crippen molar-refractivity contribution in [3.05, 3.63) is 24.3 Å². The predicted octanol–water partition coefficient (Wildman–Crippen LogP) is 0.665. The minimum absolute atomic E-state index is 0.116. The van der Waals surface area contributed by atoms with Crippen LogP contribution in [0.25, 0.3) is 0 Å². The standard InChI is InChI=1S/C8H8N2O2/c11-8(12)6-3-5(6)7-1-2-9-4-10-7/h1-2,4-6H,3H2,(H,11,12). The van der Waals surface area contributed by atoms with E-state index in [0.29, 0.717) is 6.42 Å². The van der Waals surface area contributed by atoms with Gasteiger partial charge in [0.15, 0.2) is 0 Å². The Kier molecular flexibility index (Phi) is 1.53. The van der Waals surface area contributed by atoms with Crippen molar-refractivity contribution in [2.45, 2.75) is 12.3 Å². The molecule has 62 valence electrons. The molecule has 2 unspecified atom stereocenters. The van der Waals surface area contributed by atoms with Crippen LogP contribution in [-0.4, -0.2) is 21.0 Å². The molecule has 0 spiro atoms. The van der Waals surface area contributed by atoms with Gasteiger partial charge < -0.3 is 5.11 Å². The second-order valence-corrected chi connectivity index (χ2v) is 2.92. The molecule has 2 rings (SSSR count). The fourth-order valence-corrected chi connectivity index (χ4v) is 1.32. The van der Waals surface area contributed by atoms with E-state index in [9.17, 15) is 4.79 Å². The quantitative estimate of drug-likeness (QED) is 0.697. The number of aliphatic carboxylic acids is 1. The summed E-state index contributed by atoms with van der Waals surface area (Å²) in [5, 5.41) is 8.64. The van der Waals surface area contributed by atoms with Crippen molar-refractivity contribution in [1.29, 1.82) is 0 Å². The summed E-state index contributed by atoms with van der Waals surface area (Å²) in [6, 6.07) is 1.77. The molecule has 0 amide bonds. The fraction of sp³-hybridized carbons (Fsp3) is 0.375. The number of hydrogen-bond donors (Lipinski definition) is 1. The van der Waals surface area contributed by atoms with Crippen LogP contribution in [0.1, 0.15) is 18.0 Å². The molecule has 1 aliphatic rings. The Hall–Kier alpha value is -1.45. The monoisotopic (exact) mass is 164 g/mol. The molecule has 0 aromatic carbocycles. The second-order valence-electron chi connectivity index (χ2n) is 2.92. The highest BCUT2D eigenvalue weighted by Gasteiger charge is 2.45. The van der Waals surface area contributed by atoms with Crippen molar-refractivity contribution in [1.82, 2.24) is 9.97 Å². The Morgan fingerprint density at radius 3 is 3.00 bits per heavy atom. The molecular formula is C8H8N2O2. The summed E-state index contributed by atoms with van der Waals surface area (Å²) in [7, 11) is 0. The molecule has 2 atom stereocenters. The number of carboxylic acids is 1. The van der Waals surface area contributed by atoms with Crippen molar-refractivity contribution in [3.8, 4) is 0 Å². The molecule has 1 aliphatic carbocycles. The highest BCUT2D eigenvalue weighted by molar-refractivity contribution is 5.74. The van der Waals surface area contributed by atoms with Crippen LogP contribution in [0.2, 0.25) is 0 Å². The first kappa shape index (κ1) is 7.21. The number of aromatic nitrogens is 2. The smallest absolute Gasteiger partial charge is 0.307 e. The van der Waals surface area contributed by atoms with Gasteiger partial charge in [0.05, 0.1) is 5.92 Å². The van der Waals surface area contributed by atoms with E-state index in [1.54, 1.807) is 12.3 Å². The first-order valence-electron chi connectivity index (χ1n) is 3.78. The van der Waals surface area contributed by atoms with E-state index < -0.39 is 5.97 Å². The molecule has 0 saturated heterocycles. The van der Waals surface area contributed by atoms with Crippen LogP contribution < -0.4 is 0 Å². The maximum atomic E-state index is 10.5. The van der Waals surface area contributed by atoms with Gasteiger partial charge in [0.25, 0.3) is 0 Å². The molecule has 4 nitrogen and oxygen atoms in total. The number of hydrogen-bond acceptors (Lipinski definition) is 3. The van der Waals surface area contributed by atoms with Gasteiger partial charge in [-0.05, 0) is 12.5 Å². The van der Waals surface area contributed by atoms with Crippen LogP contribution in [0.15, 0.2) is 18.6 Å². The van der Waals surface area contributed by atoms with Gasteiger partial charge in [0.2, 0.25) is 0 Å². The SMILES string of the molecule is O=C(O)C1CC1c1ccncn1. The van der Waals surface area contributed by atoms with E-state index in [2.05, 4.69) is 9.97 Å². The van der Waals surface area contributed by atoms with E-state index in [-0.39, 0.29) is 11.8 Å². The predicted molar refractivity (Wildman–Crippen MR) is 40.5 cm³/mol. The molecule has 1 fully saturated rings. The first-order valence-corrected chi connectivity index (χ1v) is 3.78. The molecule has 0 radical (unpaired) electrons. The molecule has 4 heteroatoms. The second kappa shape index (κ2) is 2.55. The van der Waals surface area contributed by atoms with E-state index >= 15 is 0 Å².